The second kappa shape index (κ2) is 6.05. The largest absolute Gasteiger partial charge is 0.392 e. The zero-order valence-corrected chi connectivity index (χ0v) is 13.0. The lowest BCUT2D eigenvalue weighted by molar-refractivity contribution is 0.280. The number of aliphatic hydroxyl groups is 1. The molecule has 0 amide bonds. The van der Waals surface area contributed by atoms with Crippen LogP contribution < -0.4 is 0 Å². The van der Waals surface area contributed by atoms with Crippen molar-refractivity contribution in [3.8, 4) is 0 Å². The molecule has 20 heavy (non-hydrogen) atoms. The summed E-state index contributed by atoms with van der Waals surface area (Å²) in [6.07, 6.45) is 0. The van der Waals surface area contributed by atoms with Crippen molar-refractivity contribution in [1.29, 1.82) is 0 Å². The van der Waals surface area contributed by atoms with Gasteiger partial charge in [-0.05, 0) is 46.5 Å². The molecule has 2 rings (SSSR count). The lowest BCUT2D eigenvalue weighted by Crippen LogP contribution is -2.27. The Balaban J connectivity index is 2.35. The molecule has 0 aliphatic carbocycles. The van der Waals surface area contributed by atoms with Gasteiger partial charge in [0.1, 0.15) is 0 Å². The molecule has 108 valence electrons. The lowest BCUT2D eigenvalue weighted by Gasteiger charge is -2.19. The maximum atomic E-state index is 12.6. The van der Waals surface area contributed by atoms with E-state index in [0.29, 0.717) is 17.7 Å². The Bertz CT molecular complexity index is 678. The van der Waals surface area contributed by atoms with E-state index in [9.17, 15) is 13.5 Å². The van der Waals surface area contributed by atoms with Crippen LogP contribution in [0, 0.1) is 6.92 Å². The third kappa shape index (κ3) is 2.93. The second-order valence-corrected chi connectivity index (χ2v) is 7.38. The molecule has 0 unspecified atom stereocenters. The molecule has 4 nitrogen and oxygen atoms in total. The predicted molar refractivity (Wildman–Crippen MR) is 80.1 cm³/mol. The number of aliphatic hydroxyl groups excluding tert-OH is 1. The topological polar surface area (TPSA) is 57.6 Å². The summed E-state index contributed by atoms with van der Waals surface area (Å²) in [5.41, 5.74) is 2.21. The van der Waals surface area contributed by atoms with Gasteiger partial charge in [0.15, 0.2) is 0 Å². The molecule has 0 aliphatic rings. The van der Waals surface area contributed by atoms with Gasteiger partial charge in [0.25, 0.3) is 0 Å². The Labute approximate surface area is 123 Å². The van der Waals surface area contributed by atoms with Crippen LogP contribution in [-0.4, -0.2) is 24.9 Å². The minimum atomic E-state index is -3.55. The monoisotopic (exact) mass is 311 g/mol. The smallest absolute Gasteiger partial charge is 0.243 e. The van der Waals surface area contributed by atoms with Crippen LogP contribution in [0.5, 0.6) is 0 Å². The van der Waals surface area contributed by atoms with E-state index in [0.717, 1.165) is 5.56 Å². The van der Waals surface area contributed by atoms with Crippen molar-refractivity contribution in [3.05, 3.63) is 51.7 Å². The molecular weight excluding hydrogens is 294 g/mol. The first kappa shape index (κ1) is 15.2. The van der Waals surface area contributed by atoms with Gasteiger partial charge in [-0.2, -0.15) is 15.6 Å². The number of sulfonamides is 1. The quantitative estimate of drug-likeness (QED) is 0.922. The number of thiophene rings is 1. The predicted octanol–water partition coefficient (Wildman–Crippen LogP) is 2.37. The van der Waals surface area contributed by atoms with Gasteiger partial charge in [-0.25, -0.2) is 8.42 Å². The molecule has 1 aromatic heterocycles. The third-order valence-electron chi connectivity index (χ3n) is 3.24. The Morgan fingerprint density at radius 2 is 2.05 bits per heavy atom. The number of rotatable bonds is 5. The van der Waals surface area contributed by atoms with E-state index in [1.807, 2.05) is 16.8 Å². The Morgan fingerprint density at radius 3 is 2.65 bits per heavy atom. The van der Waals surface area contributed by atoms with Crippen LogP contribution in [0.25, 0.3) is 0 Å². The SMILES string of the molecule is Cc1c(CO)cccc1S(=O)(=O)N(C)Cc1ccsc1. The van der Waals surface area contributed by atoms with E-state index in [1.54, 1.807) is 43.5 Å². The molecule has 0 atom stereocenters. The van der Waals surface area contributed by atoms with Gasteiger partial charge in [0.05, 0.1) is 11.5 Å². The summed E-state index contributed by atoms with van der Waals surface area (Å²) in [5.74, 6) is 0. The summed E-state index contributed by atoms with van der Waals surface area (Å²) in [5, 5.41) is 13.1. The fourth-order valence-corrected chi connectivity index (χ4v) is 4.09. The molecule has 1 heterocycles. The van der Waals surface area contributed by atoms with Crippen LogP contribution in [0.2, 0.25) is 0 Å². The van der Waals surface area contributed by atoms with Gasteiger partial charge >= 0.3 is 0 Å². The van der Waals surface area contributed by atoms with Crippen LogP contribution in [0.15, 0.2) is 39.9 Å². The Morgan fingerprint density at radius 1 is 1.30 bits per heavy atom. The van der Waals surface area contributed by atoms with Crippen LogP contribution in [0.3, 0.4) is 0 Å². The van der Waals surface area contributed by atoms with Crippen molar-refractivity contribution in [2.45, 2.75) is 25.0 Å². The summed E-state index contributed by atoms with van der Waals surface area (Å²) < 4.78 is 26.5. The van der Waals surface area contributed by atoms with E-state index < -0.39 is 10.0 Å². The van der Waals surface area contributed by atoms with E-state index in [2.05, 4.69) is 0 Å². The molecule has 0 fully saturated rings. The van der Waals surface area contributed by atoms with Crippen molar-refractivity contribution in [2.24, 2.45) is 0 Å². The highest BCUT2D eigenvalue weighted by Gasteiger charge is 2.23. The first-order chi connectivity index (χ1) is 9.46. The fourth-order valence-electron chi connectivity index (χ4n) is 2.00. The zero-order valence-electron chi connectivity index (χ0n) is 11.4. The van der Waals surface area contributed by atoms with E-state index >= 15 is 0 Å². The van der Waals surface area contributed by atoms with Crippen LogP contribution >= 0.6 is 11.3 Å². The van der Waals surface area contributed by atoms with Gasteiger partial charge < -0.3 is 5.11 Å². The van der Waals surface area contributed by atoms with Gasteiger partial charge in [-0.15, -0.1) is 0 Å². The first-order valence-corrected chi connectivity index (χ1v) is 8.52. The lowest BCUT2D eigenvalue weighted by atomic mass is 10.1. The summed E-state index contributed by atoms with van der Waals surface area (Å²) in [6, 6.07) is 6.87. The van der Waals surface area contributed by atoms with Crippen molar-refractivity contribution in [1.82, 2.24) is 4.31 Å². The van der Waals surface area contributed by atoms with Gasteiger partial charge in [-0.3, -0.25) is 0 Å². The molecule has 1 N–H and O–H groups in total. The van der Waals surface area contributed by atoms with E-state index in [4.69, 9.17) is 0 Å². The molecular formula is C14H17NO3S2. The third-order valence-corrected chi connectivity index (χ3v) is 5.92. The van der Waals surface area contributed by atoms with Crippen molar-refractivity contribution < 1.29 is 13.5 Å². The maximum absolute atomic E-state index is 12.6. The van der Waals surface area contributed by atoms with Gasteiger partial charge in [0, 0.05) is 13.6 Å². The molecule has 2 aromatic rings. The number of benzene rings is 1. The fraction of sp³-hybridized carbons (Fsp3) is 0.286. The minimum Gasteiger partial charge on any atom is -0.392 e. The minimum absolute atomic E-state index is 0.163. The van der Waals surface area contributed by atoms with Crippen LogP contribution in [0.4, 0.5) is 0 Å². The average molecular weight is 311 g/mol. The van der Waals surface area contributed by atoms with Crippen molar-refractivity contribution >= 4 is 21.4 Å². The summed E-state index contributed by atoms with van der Waals surface area (Å²) in [6.45, 7) is 1.90. The highest BCUT2D eigenvalue weighted by Crippen LogP contribution is 2.23. The van der Waals surface area contributed by atoms with E-state index in [1.165, 1.54) is 4.31 Å². The summed E-state index contributed by atoms with van der Waals surface area (Å²) >= 11 is 1.54. The van der Waals surface area contributed by atoms with E-state index in [-0.39, 0.29) is 11.5 Å². The van der Waals surface area contributed by atoms with Crippen LogP contribution in [-0.2, 0) is 23.2 Å². The summed E-state index contributed by atoms with van der Waals surface area (Å²) in [4.78, 5) is 0.252. The first-order valence-electron chi connectivity index (χ1n) is 6.13. The molecule has 0 bridgehead atoms. The Hall–Kier alpha value is -1.21. The molecule has 0 aliphatic heterocycles. The van der Waals surface area contributed by atoms with Gasteiger partial charge in [0.2, 0.25) is 10.0 Å². The molecule has 0 saturated carbocycles. The normalized spacial score (nSPS) is 12.0. The highest BCUT2D eigenvalue weighted by atomic mass is 32.2. The maximum Gasteiger partial charge on any atom is 0.243 e. The molecule has 0 spiro atoms. The molecule has 6 heteroatoms. The molecule has 0 saturated heterocycles. The number of hydrogen-bond acceptors (Lipinski definition) is 4. The second-order valence-electron chi connectivity index (χ2n) is 4.59. The highest BCUT2D eigenvalue weighted by molar-refractivity contribution is 7.89. The van der Waals surface area contributed by atoms with Crippen molar-refractivity contribution in [2.75, 3.05) is 7.05 Å². The zero-order chi connectivity index (χ0) is 14.8. The summed E-state index contributed by atoms with van der Waals surface area (Å²) in [7, 11) is -1.98. The van der Waals surface area contributed by atoms with Crippen LogP contribution in [0.1, 0.15) is 16.7 Å². The van der Waals surface area contributed by atoms with Gasteiger partial charge in [-0.1, -0.05) is 12.1 Å². The molecule has 1 aromatic carbocycles. The molecule has 0 radical (unpaired) electrons. The Kier molecular flexibility index (Phi) is 4.59. The number of hydrogen-bond donors (Lipinski definition) is 1. The average Bonchev–Trinajstić information content (AvgIpc) is 2.91. The van der Waals surface area contributed by atoms with Crippen molar-refractivity contribution in [3.63, 3.8) is 0 Å². The number of nitrogens with zero attached hydrogens (tertiary/aromatic N) is 1. The standard InChI is InChI=1S/C14H17NO3S2/c1-11-13(9-16)4-3-5-14(11)20(17,18)15(2)8-12-6-7-19-10-12/h3-7,10,16H,8-9H2,1-2H3.